The number of likely N-dealkylation sites (tertiary alicyclic amines) is 1. The van der Waals surface area contributed by atoms with E-state index in [1.54, 1.807) is 0 Å². The molecule has 1 aliphatic heterocycles. The third-order valence-electron chi connectivity index (χ3n) is 5.70. The van der Waals surface area contributed by atoms with Gasteiger partial charge < -0.3 is 10.0 Å². The van der Waals surface area contributed by atoms with Gasteiger partial charge in [-0.05, 0) is 51.5 Å². The SMILES string of the molecule is CC(=O)n1c(O)c(C(=NC2CCN(C)CC2)c2ccccc2)c2ccc(C)cc21. The maximum Gasteiger partial charge on any atom is 0.230 e. The molecule has 0 unspecified atom stereocenters. The molecule has 3 aromatic rings. The number of benzene rings is 2. The Hall–Kier alpha value is -2.92. The minimum Gasteiger partial charge on any atom is -0.494 e. The van der Waals surface area contributed by atoms with E-state index < -0.39 is 0 Å². The van der Waals surface area contributed by atoms with Crippen LogP contribution in [0.3, 0.4) is 0 Å². The number of aryl methyl sites for hydroxylation is 1. The molecule has 0 atom stereocenters. The van der Waals surface area contributed by atoms with Crippen molar-refractivity contribution in [1.82, 2.24) is 9.47 Å². The lowest BCUT2D eigenvalue weighted by molar-refractivity contribution is 0.0933. The zero-order chi connectivity index (χ0) is 20.5. The summed E-state index contributed by atoms with van der Waals surface area (Å²) in [6, 6.07) is 16.1. The Bertz CT molecular complexity index is 1070. The van der Waals surface area contributed by atoms with Gasteiger partial charge in [0.25, 0.3) is 0 Å². The minimum absolute atomic E-state index is 0.0337. The number of aliphatic imine (C=N–C) groups is 1. The first-order chi connectivity index (χ1) is 14.0. The van der Waals surface area contributed by atoms with Crippen molar-refractivity contribution in [3.05, 3.63) is 65.2 Å². The summed E-state index contributed by atoms with van der Waals surface area (Å²) >= 11 is 0. The second-order valence-electron chi connectivity index (χ2n) is 7.95. The summed E-state index contributed by atoms with van der Waals surface area (Å²) in [4.78, 5) is 19.8. The van der Waals surface area contributed by atoms with E-state index in [1.807, 2.05) is 55.5 Å². The van der Waals surface area contributed by atoms with Crippen LogP contribution in [0.2, 0.25) is 0 Å². The number of aromatic nitrogens is 1. The highest BCUT2D eigenvalue weighted by atomic mass is 16.3. The van der Waals surface area contributed by atoms with E-state index in [1.165, 1.54) is 11.5 Å². The summed E-state index contributed by atoms with van der Waals surface area (Å²) in [5.74, 6) is -0.246. The van der Waals surface area contributed by atoms with Crippen molar-refractivity contribution in [2.75, 3.05) is 20.1 Å². The first-order valence-corrected chi connectivity index (χ1v) is 10.1. The van der Waals surface area contributed by atoms with Gasteiger partial charge >= 0.3 is 0 Å². The monoisotopic (exact) mass is 389 g/mol. The van der Waals surface area contributed by atoms with Crippen LogP contribution >= 0.6 is 0 Å². The number of piperidine rings is 1. The molecule has 1 saturated heterocycles. The molecular weight excluding hydrogens is 362 g/mol. The van der Waals surface area contributed by atoms with Crippen molar-refractivity contribution in [3.63, 3.8) is 0 Å². The largest absolute Gasteiger partial charge is 0.494 e. The van der Waals surface area contributed by atoms with Gasteiger partial charge in [-0.1, -0.05) is 42.5 Å². The van der Waals surface area contributed by atoms with E-state index in [9.17, 15) is 9.90 Å². The van der Waals surface area contributed by atoms with Gasteiger partial charge in [0.15, 0.2) is 0 Å². The third-order valence-corrected chi connectivity index (χ3v) is 5.70. The van der Waals surface area contributed by atoms with Gasteiger partial charge in [0.2, 0.25) is 11.8 Å². The Labute approximate surface area is 171 Å². The van der Waals surface area contributed by atoms with Crippen LogP contribution in [0, 0.1) is 6.92 Å². The minimum atomic E-state index is -0.212. The summed E-state index contributed by atoms with van der Waals surface area (Å²) in [6.45, 7) is 5.48. The molecule has 29 heavy (non-hydrogen) atoms. The Balaban J connectivity index is 1.95. The summed E-state index contributed by atoms with van der Waals surface area (Å²) in [7, 11) is 2.13. The number of carbonyl (C=O) groups excluding carboxylic acids is 1. The summed E-state index contributed by atoms with van der Waals surface area (Å²) in [5, 5.41) is 12.0. The van der Waals surface area contributed by atoms with E-state index >= 15 is 0 Å². The maximum absolute atomic E-state index is 12.3. The van der Waals surface area contributed by atoms with Gasteiger partial charge in [-0.25, -0.2) is 0 Å². The number of nitrogens with zero attached hydrogens (tertiary/aromatic N) is 3. The van der Waals surface area contributed by atoms with Gasteiger partial charge in [0.1, 0.15) is 0 Å². The fourth-order valence-corrected chi connectivity index (χ4v) is 4.12. The van der Waals surface area contributed by atoms with Crippen molar-refractivity contribution >= 4 is 22.5 Å². The van der Waals surface area contributed by atoms with Crippen molar-refractivity contribution in [2.24, 2.45) is 4.99 Å². The van der Waals surface area contributed by atoms with E-state index in [4.69, 9.17) is 4.99 Å². The molecule has 0 bridgehead atoms. The van der Waals surface area contributed by atoms with Crippen LogP contribution < -0.4 is 0 Å². The van der Waals surface area contributed by atoms with Crippen LogP contribution in [0.1, 0.15) is 41.3 Å². The molecule has 4 rings (SSSR count). The van der Waals surface area contributed by atoms with E-state index in [0.717, 1.165) is 53.7 Å². The fourth-order valence-electron chi connectivity index (χ4n) is 4.12. The highest BCUT2D eigenvalue weighted by Gasteiger charge is 2.25. The predicted molar refractivity (Wildman–Crippen MR) is 117 cm³/mol. The van der Waals surface area contributed by atoms with Crippen LogP contribution in [0.25, 0.3) is 10.9 Å². The Kier molecular flexibility index (Phi) is 5.24. The fraction of sp³-hybridized carbons (Fsp3) is 0.333. The van der Waals surface area contributed by atoms with Crippen molar-refractivity contribution in [3.8, 4) is 5.88 Å². The van der Waals surface area contributed by atoms with Crippen LogP contribution in [-0.4, -0.2) is 52.4 Å². The van der Waals surface area contributed by atoms with Crippen LogP contribution in [0.15, 0.2) is 53.5 Å². The van der Waals surface area contributed by atoms with Gasteiger partial charge in [-0.15, -0.1) is 0 Å². The molecule has 5 nitrogen and oxygen atoms in total. The van der Waals surface area contributed by atoms with Crippen molar-refractivity contribution in [1.29, 1.82) is 0 Å². The Morgan fingerprint density at radius 3 is 2.45 bits per heavy atom. The average molecular weight is 389 g/mol. The molecule has 1 aromatic heterocycles. The molecule has 5 heteroatoms. The molecule has 1 fully saturated rings. The third kappa shape index (κ3) is 3.70. The second-order valence-corrected chi connectivity index (χ2v) is 7.95. The quantitative estimate of drug-likeness (QED) is 0.682. The van der Waals surface area contributed by atoms with Crippen LogP contribution in [-0.2, 0) is 0 Å². The number of carbonyl (C=O) groups is 1. The van der Waals surface area contributed by atoms with E-state index in [-0.39, 0.29) is 17.8 Å². The molecule has 0 aliphatic carbocycles. The molecule has 0 spiro atoms. The van der Waals surface area contributed by atoms with Crippen LogP contribution in [0.4, 0.5) is 0 Å². The van der Waals surface area contributed by atoms with Gasteiger partial charge in [0.05, 0.1) is 22.8 Å². The highest BCUT2D eigenvalue weighted by molar-refractivity contribution is 6.22. The van der Waals surface area contributed by atoms with Crippen molar-refractivity contribution < 1.29 is 9.90 Å². The summed E-state index contributed by atoms with van der Waals surface area (Å²) < 4.78 is 1.39. The number of aromatic hydroxyl groups is 1. The Morgan fingerprint density at radius 1 is 1.10 bits per heavy atom. The number of rotatable bonds is 3. The highest BCUT2D eigenvalue weighted by Crippen LogP contribution is 2.34. The molecule has 2 heterocycles. The zero-order valence-electron chi connectivity index (χ0n) is 17.2. The standard InChI is InChI=1S/C24H27N3O2/c1-16-9-10-20-21(15-16)27(17(2)28)24(29)22(20)23(18-7-5-4-6-8-18)25-19-11-13-26(3)14-12-19/h4-10,15,19,29H,11-14H2,1-3H3. The maximum atomic E-state index is 12.3. The molecule has 0 saturated carbocycles. The first-order valence-electron chi connectivity index (χ1n) is 10.1. The molecule has 0 amide bonds. The second kappa shape index (κ2) is 7.84. The lowest BCUT2D eigenvalue weighted by atomic mass is 9.98. The normalized spacial score (nSPS) is 16.4. The molecule has 150 valence electrons. The number of hydrogen-bond acceptors (Lipinski definition) is 4. The van der Waals surface area contributed by atoms with Gasteiger partial charge in [0, 0.05) is 17.9 Å². The molecule has 0 radical (unpaired) electrons. The molecular formula is C24H27N3O2. The smallest absolute Gasteiger partial charge is 0.230 e. The van der Waals surface area contributed by atoms with Gasteiger partial charge in [-0.3, -0.25) is 14.4 Å². The molecule has 1 aliphatic rings. The van der Waals surface area contributed by atoms with E-state index in [2.05, 4.69) is 11.9 Å². The number of fused-ring (bicyclic) bond motifs is 1. The number of hydrogen-bond donors (Lipinski definition) is 1. The van der Waals surface area contributed by atoms with Crippen molar-refractivity contribution in [2.45, 2.75) is 32.7 Å². The lowest BCUT2D eigenvalue weighted by Gasteiger charge is -2.27. The zero-order valence-corrected chi connectivity index (χ0v) is 17.2. The average Bonchev–Trinajstić information content (AvgIpc) is 2.99. The Morgan fingerprint density at radius 2 is 1.79 bits per heavy atom. The summed E-state index contributed by atoms with van der Waals surface area (Å²) in [5.41, 5.74) is 4.10. The van der Waals surface area contributed by atoms with Crippen LogP contribution in [0.5, 0.6) is 5.88 Å². The molecule has 1 N–H and O–H groups in total. The predicted octanol–water partition coefficient (Wildman–Crippen LogP) is 4.25. The first kappa shape index (κ1) is 19.4. The summed E-state index contributed by atoms with van der Waals surface area (Å²) in [6.07, 6.45) is 1.97. The lowest BCUT2D eigenvalue weighted by Crippen LogP contribution is -2.32. The van der Waals surface area contributed by atoms with Gasteiger partial charge in [-0.2, -0.15) is 0 Å². The molecule has 2 aromatic carbocycles. The topological polar surface area (TPSA) is 57.8 Å². The van der Waals surface area contributed by atoms with E-state index in [0.29, 0.717) is 5.56 Å².